The summed E-state index contributed by atoms with van der Waals surface area (Å²) in [6, 6.07) is 14.7. The second-order valence-corrected chi connectivity index (χ2v) is 13.6. The van der Waals surface area contributed by atoms with Crippen LogP contribution in [0.2, 0.25) is 0 Å². The molecule has 4 aromatic rings. The van der Waals surface area contributed by atoms with E-state index in [0.717, 1.165) is 12.1 Å². The van der Waals surface area contributed by atoms with E-state index in [9.17, 15) is 48.6 Å². The number of benzene rings is 4. The van der Waals surface area contributed by atoms with Crippen molar-refractivity contribution < 1.29 is 82.5 Å². The van der Waals surface area contributed by atoms with Crippen LogP contribution >= 0.6 is 0 Å². The van der Waals surface area contributed by atoms with Gasteiger partial charge >= 0.3 is 35.8 Å². The quantitative estimate of drug-likeness (QED) is 0.0156. The molecule has 0 saturated heterocycles. The number of rotatable bonds is 24. The zero-order valence-electron chi connectivity index (χ0n) is 34.7. The molecule has 0 spiro atoms. The molecule has 0 aliphatic carbocycles. The predicted molar refractivity (Wildman–Crippen MR) is 231 cm³/mol. The van der Waals surface area contributed by atoms with Gasteiger partial charge in [0.05, 0.1) is 48.3 Å². The van der Waals surface area contributed by atoms with Crippen LogP contribution in [0.4, 0.5) is 11.4 Å². The highest BCUT2D eigenvalue weighted by Gasteiger charge is 2.27. The van der Waals surface area contributed by atoms with Crippen molar-refractivity contribution in [2.45, 2.75) is 24.9 Å². The van der Waals surface area contributed by atoms with Gasteiger partial charge < -0.3 is 76.8 Å². The lowest BCUT2D eigenvalue weighted by Gasteiger charge is -2.17. The highest BCUT2D eigenvalue weighted by Crippen LogP contribution is 2.27. The Morgan fingerprint density at radius 3 is 1.19 bits per heavy atom. The minimum absolute atomic E-state index is 0.0677. The molecule has 0 saturated carbocycles. The van der Waals surface area contributed by atoms with Gasteiger partial charge in [-0.25, -0.2) is 19.2 Å². The molecule has 0 radical (unpaired) electrons. The lowest BCUT2D eigenvalue weighted by molar-refractivity contribution is -0.145. The van der Waals surface area contributed by atoms with E-state index in [1.165, 1.54) is 72.8 Å². The number of nitrogens with two attached hydrogens (primary N) is 2. The molecule has 352 valence electrons. The Labute approximate surface area is 377 Å². The van der Waals surface area contributed by atoms with Crippen LogP contribution in [0, 0.1) is 10.8 Å². The Kier molecular flexibility index (Phi) is 18.0. The number of hydrogen-bond acceptors (Lipinski definition) is 15. The Hall–Kier alpha value is -9.26. The molecule has 2 amide bonds. The minimum atomic E-state index is -1.85. The molecule has 2 atom stereocenters. The molecule has 0 bridgehead atoms. The molecule has 0 heterocycles. The van der Waals surface area contributed by atoms with Gasteiger partial charge in [0.2, 0.25) is 0 Å². The number of aliphatic carboxylic acids is 4. The van der Waals surface area contributed by atoms with Gasteiger partial charge in [-0.1, -0.05) is 0 Å². The summed E-state index contributed by atoms with van der Waals surface area (Å²) in [6.45, 7) is -0.839. The lowest BCUT2D eigenvalue weighted by atomic mass is 10.1. The molecular weight excluding hydrogens is 889 g/mol. The fourth-order valence-corrected chi connectivity index (χ4v) is 5.52. The molecule has 25 heteroatoms. The number of carboxylic acids is 4. The van der Waals surface area contributed by atoms with Crippen molar-refractivity contribution in [3.63, 3.8) is 0 Å². The molecular formula is C42H42N8O17. The predicted octanol–water partition coefficient (Wildman–Crippen LogP) is 1.53. The van der Waals surface area contributed by atoms with Crippen molar-refractivity contribution in [3.8, 4) is 23.0 Å². The Bertz CT molecular complexity index is 2360. The Morgan fingerprint density at radius 2 is 0.881 bits per heavy atom. The second kappa shape index (κ2) is 24.0. The van der Waals surface area contributed by atoms with E-state index in [1.807, 2.05) is 0 Å². The fourth-order valence-electron chi connectivity index (χ4n) is 5.52. The van der Waals surface area contributed by atoms with E-state index in [-0.39, 0.29) is 83.6 Å². The normalized spacial score (nSPS) is 11.3. The number of nitrogens with one attached hydrogen (secondary N) is 6. The minimum Gasteiger partial charge on any atom is -0.490 e. The summed E-state index contributed by atoms with van der Waals surface area (Å²) in [6.07, 6.45) is -1.93. The molecule has 4 aromatic carbocycles. The fraction of sp³-hybridized carbons (Fsp3) is 0.190. The van der Waals surface area contributed by atoms with Gasteiger partial charge in [0.25, 0.3) is 11.8 Å². The summed E-state index contributed by atoms with van der Waals surface area (Å²) < 4.78 is 27.7. The van der Waals surface area contributed by atoms with Crippen molar-refractivity contribution in [2.24, 2.45) is 11.5 Å². The van der Waals surface area contributed by atoms with Crippen LogP contribution < -0.4 is 51.7 Å². The maximum Gasteiger partial charge on any atom is 0.343 e. The zero-order valence-corrected chi connectivity index (χ0v) is 34.7. The van der Waals surface area contributed by atoms with Crippen molar-refractivity contribution in [3.05, 3.63) is 107 Å². The van der Waals surface area contributed by atoms with Crippen molar-refractivity contribution in [2.75, 3.05) is 37.1 Å². The number of guanidine groups is 2. The number of esters is 2. The van der Waals surface area contributed by atoms with Crippen LogP contribution in [0.1, 0.15) is 54.3 Å². The summed E-state index contributed by atoms with van der Waals surface area (Å²) in [5.74, 6) is -11.6. The van der Waals surface area contributed by atoms with E-state index < -0.39 is 72.6 Å². The van der Waals surface area contributed by atoms with Crippen LogP contribution in [0.5, 0.6) is 23.0 Å². The van der Waals surface area contributed by atoms with Gasteiger partial charge in [0, 0.05) is 11.4 Å². The summed E-state index contributed by atoms with van der Waals surface area (Å²) in [7, 11) is 0. The highest BCUT2D eigenvalue weighted by molar-refractivity contribution is 6.02. The first kappa shape index (κ1) is 50.4. The first-order valence-electron chi connectivity index (χ1n) is 19.3. The molecule has 67 heavy (non-hydrogen) atoms. The van der Waals surface area contributed by atoms with Gasteiger partial charge in [-0.05, 0) is 84.9 Å². The average Bonchev–Trinajstić information content (AvgIpc) is 3.25. The van der Waals surface area contributed by atoms with Crippen molar-refractivity contribution >= 4 is 70.9 Å². The highest BCUT2D eigenvalue weighted by atomic mass is 16.6. The molecule has 0 unspecified atom stereocenters. The number of ether oxygens (including phenoxy) is 5. The average molecular weight is 931 g/mol. The van der Waals surface area contributed by atoms with E-state index in [4.69, 9.17) is 56.2 Å². The van der Waals surface area contributed by atoms with Gasteiger partial charge in [0.1, 0.15) is 48.3 Å². The SMILES string of the molecule is N=C(N)Nc1ccc(C(=O)Oc2ccc(OCCOCCOc3ccc(OC(=O)c4ccc(NC(=N)N)cc4)cc3C(=O)N[C@H](CC(=O)O)C(=O)O)c(C(=O)N[C@H](CC(=O)O)C(=O)O)c2)cc1. The third-order valence-corrected chi connectivity index (χ3v) is 8.55. The van der Waals surface area contributed by atoms with Crippen LogP contribution in [0.15, 0.2) is 84.9 Å². The van der Waals surface area contributed by atoms with Crippen molar-refractivity contribution in [1.29, 1.82) is 10.8 Å². The Morgan fingerprint density at radius 1 is 0.522 bits per heavy atom. The Balaban J connectivity index is 1.43. The third kappa shape index (κ3) is 16.1. The van der Waals surface area contributed by atoms with Crippen LogP contribution in [0.25, 0.3) is 0 Å². The summed E-state index contributed by atoms with van der Waals surface area (Å²) in [4.78, 5) is 98.3. The second-order valence-electron chi connectivity index (χ2n) is 13.6. The maximum atomic E-state index is 13.3. The topological polar surface area (TPSA) is 411 Å². The number of carbonyl (C=O) groups is 8. The molecule has 25 nitrogen and oxygen atoms in total. The largest absolute Gasteiger partial charge is 0.490 e. The molecule has 4 rings (SSSR count). The van der Waals surface area contributed by atoms with E-state index in [1.54, 1.807) is 0 Å². The molecule has 0 aliphatic rings. The van der Waals surface area contributed by atoms with E-state index in [0.29, 0.717) is 11.4 Å². The molecule has 0 aliphatic heterocycles. The number of amides is 2. The first-order valence-corrected chi connectivity index (χ1v) is 19.3. The number of anilines is 2. The number of hydrogen-bond donors (Lipinski definition) is 12. The van der Waals surface area contributed by atoms with Crippen molar-refractivity contribution in [1.82, 2.24) is 10.6 Å². The van der Waals surface area contributed by atoms with E-state index >= 15 is 0 Å². The molecule has 14 N–H and O–H groups in total. The van der Waals surface area contributed by atoms with Crippen LogP contribution in [0.3, 0.4) is 0 Å². The maximum absolute atomic E-state index is 13.3. The third-order valence-electron chi connectivity index (χ3n) is 8.55. The smallest absolute Gasteiger partial charge is 0.343 e. The summed E-state index contributed by atoms with van der Waals surface area (Å²) >= 11 is 0. The first-order chi connectivity index (χ1) is 31.8. The number of carboxylic acid groups (broad SMARTS) is 4. The van der Waals surface area contributed by atoms with E-state index in [2.05, 4.69) is 21.3 Å². The zero-order chi connectivity index (χ0) is 49.2. The summed E-state index contributed by atoms with van der Waals surface area (Å²) in [5.41, 5.74) is 10.9. The number of carbonyl (C=O) groups excluding carboxylic acids is 4. The summed E-state index contributed by atoms with van der Waals surface area (Å²) in [5, 5.41) is 61.2. The monoisotopic (exact) mass is 930 g/mol. The lowest BCUT2D eigenvalue weighted by Crippen LogP contribution is -2.42. The van der Waals surface area contributed by atoms with Gasteiger partial charge in [-0.2, -0.15) is 0 Å². The standard InChI is InChI=1S/C42H42N8O17/c43-41(44)47-23-5-1-21(2-6-23)39(61)66-25-9-11-31(27(17-25)35(55)49-29(37(57)58)19-33(51)52)64-15-13-63-14-16-65-32-12-10-26(18-28(32)36(56)50-30(38(59)60)20-34(53)54)67-40(62)22-3-7-24(8-4-22)48-42(45)46/h1-12,17-18,29-30H,13-16,19-20H2,(H,49,55)(H,50,56)(H,51,52)(H,53,54)(H,57,58)(H,59,60)(H4,43,44,47)(H4,45,46,48)/t29-,30-/m1/s1. The molecule has 0 aromatic heterocycles. The van der Waals surface area contributed by atoms with Gasteiger partial charge in [-0.3, -0.25) is 30.0 Å². The van der Waals surface area contributed by atoms with Gasteiger partial charge in [0.15, 0.2) is 11.9 Å². The van der Waals surface area contributed by atoms with Gasteiger partial charge in [-0.15, -0.1) is 0 Å². The van der Waals surface area contributed by atoms with Crippen LogP contribution in [-0.2, 0) is 23.9 Å². The van der Waals surface area contributed by atoms with Crippen LogP contribution in [-0.4, -0.2) is 118 Å². The molecule has 0 fully saturated rings.